The van der Waals surface area contributed by atoms with Crippen LogP contribution in [0.25, 0.3) is 0 Å². The molecule has 0 spiro atoms. The lowest BCUT2D eigenvalue weighted by atomic mass is 10.1. The number of aryl methyl sites for hydroxylation is 1. The summed E-state index contributed by atoms with van der Waals surface area (Å²) in [5.41, 5.74) is 7.24. The van der Waals surface area contributed by atoms with Crippen molar-refractivity contribution in [2.75, 3.05) is 38.0 Å². The van der Waals surface area contributed by atoms with Crippen molar-refractivity contribution in [1.82, 2.24) is 15.0 Å². The third kappa shape index (κ3) is 4.47. The topological polar surface area (TPSA) is 105 Å². The van der Waals surface area contributed by atoms with Gasteiger partial charge in [0.1, 0.15) is 5.76 Å². The normalized spacial score (nSPS) is 15.1. The molecule has 8 nitrogen and oxygen atoms in total. The summed E-state index contributed by atoms with van der Waals surface area (Å²) in [4.78, 5) is 28.4. The van der Waals surface area contributed by atoms with E-state index in [1.807, 2.05) is 34.1 Å². The summed E-state index contributed by atoms with van der Waals surface area (Å²) in [7, 11) is 0. The molecule has 0 unspecified atom stereocenters. The summed E-state index contributed by atoms with van der Waals surface area (Å²) in [5.74, 6) is 0.931. The minimum atomic E-state index is -0.143. The number of anilines is 1. The summed E-state index contributed by atoms with van der Waals surface area (Å²) in [6, 6.07) is 9.04. The van der Waals surface area contributed by atoms with Gasteiger partial charge in [-0.2, -0.15) is 0 Å². The Labute approximate surface area is 151 Å². The molecule has 0 saturated carbocycles. The Hall–Kier alpha value is -2.71. The Kier molecular flexibility index (Phi) is 5.65. The van der Waals surface area contributed by atoms with Crippen molar-refractivity contribution in [2.45, 2.75) is 13.5 Å². The number of aromatic nitrogens is 1. The van der Waals surface area contributed by atoms with Gasteiger partial charge in [0.15, 0.2) is 5.82 Å². The summed E-state index contributed by atoms with van der Waals surface area (Å²) < 4.78 is 4.92. The molecule has 3 rings (SSSR count). The van der Waals surface area contributed by atoms with Crippen molar-refractivity contribution in [3.63, 3.8) is 0 Å². The molecule has 26 heavy (non-hydrogen) atoms. The van der Waals surface area contributed by atoms with Crippen molar-refractivity contribution in [2.24, 2.45) is 5.73 Å². The molecular formula is C18H23N5O3. The van der Waals surface area contributed by atoms with Crippen LogP contribution in [0.15, 0.2) is 34.9 Å². The smallest absolute Gasteiger partial charge is 0.253 e. The molecule has 2 heterocycles. The van der Waals surface area contributed by atoms with Crippen molar-refractivity contribution in [3.05, 3.63) is 47.2 Å². The molecule has 0 bridgehead atoms. The largest absolute Gasteiger partial charge is 0.360 e. The second-order valence-corrected chi connectivity index (χ2v) is 6.34. The minimum absolute atomic E-state index is 0.00995. The number of rotatable bonds is 5. The van der Waals surface area contributed by atoms with Gasteiger partial charge in [-0.15, -0.1) is 0 Å². The van der Waals surface area contributed by atoms with Crippen LogP contribution < -0.4 is 11.1 Å². The quantitative estimate of drug-likeness (QED) is 0.822. The Morgan fingerprint density at radius 3 is 2.46 bits per heavy atom. The van der Waals surface area contributed by atoms with Gasteiger partial charge in [-0.1, -0.05) is 17.3 Å². The van der Waals surface area contributed by atoms with E-state index in [1.165, 1.54) is 0 Å². The van der Waals surface area contributed by atoms with Gasteiger partial charge in [0.2, 0.25) is 5.91 Å². The van der Waals surface area contributed by atoms with Crippen molar-refractivity contribution in [3.8, 4) is 0 Å². The van der Waals surface area contributed by atoms with Crippen LogP contribution in [-0.4, -0.2) is 59.5 Å². The molecule has 2 aromatic rings. The Balaban J connectivity index is 1.47. The SMILES string of the molecule is Cc1cc(NC(=O)CN2CCN(C(=O)c3ccc(CN)cc3)CC2)no1. The molecular weight excluding hydrogens is 334 g/mol. The highest BCUT2D eigenvalue weighted by atomic mass is 16.5. The zero-order valence-corrected chi connectivity index (χ0v) is 14.8. The first kappa shape index (κ1) is 18.1. The summed E-state index contributed by atoms with van der Waals surface area (Å²) >= 11 is 0. The number of hydrogen-bond acceptors (Lipinski definition) is 6. The Morgan fingerprint density at radius 1 is 1.19 bits per heavy atom. The van der Waals surface area contributed by atoms with Crippen molar-refractivity contribution >= 4 is 17.6 Å². The maximum Gasteiger partial charge on any atom is 0.253 e. The van der Waals surface area contributed by atoms with E-state index < -0.39 is 0 Å². The molecule has 0 aliphatic carbocycles. The zero-order valence-electron chi connectivity index (χ0n) is 14.8. The number of nitrogens with one attached hydrogen (secondary N) is 1. The predicted octanol–water partition coefficient (Wildman–Crippen LogP) is 0.838. The van der Waals surface area contributed by atoms with E-state index in [1.54, 1.807) is 13.0 Å². The predicted molar refractivity (Wildman–Crippen MR) is 96.5 cm³/mol. The molecule has 1 aromatic carbocycles. The van der Waals surface area contributed by atoms with E-state index >= 15 is 0 Å². The standard InChI is InChI=1S/C18H23N5O3/c1-13-10-16(21-26-13)20-17(24)12-22-6-8-23(9-7-22)18(25)15-4-2-14(11-19)3-5-15/h2-5,10H,6-9,11-12,19H2,1H3,(H,20,21,24). The number of nitrogens with zero attached hydrogens (tertiary/aromatic N) is 3. The number of amides is 2. The van der Waals surface area contributed by atoms with E-state index in [0.29, 0.717) is 49.9 Å². The number of hydrogen-bond donors (Lipinski definition) is 2. The van der Waals surface area contributed by atoms with E-state index in [0.717, 1.165) is 5.56 Å². The molecule has 0 radical (unpaired) electrons. The number of carbonyl (C=O) groups excluding carboxylic acids is 2. The summed E-state index contributed by atoms with van der Waals surface area (Å²) in [6.45, 7) is 4.97. The Bertz CT molecular complexity index is 763. The van der Waals surface area contributed by atoms with Gasteiger partial charge >= 0.3 is 0 Å². The van der Waals surface area contributed by atoms with Gasteiger partial charge in [0.25, 0.3) is 5.91 Å². The molecule has 8 heteroatoms. The molecule has 1 aromatic heterocycles. The monoisotopic (exact) mass is 357 g/mol. The van der Waals surface area contributed by atoms with Gasteiger partial charge < -0.3 is 20.5 Å². The molecule has 138 valence electrons. The maximum atomic E-state index is 12.5. The van der Waals surface area contributed by atoms with Crippen LogP contribution in [0, 0.1) is 6.92 Å². The van der Waals surface area contributed by atoms with Crippen molar-refractivity contribution < 1.29 is 14.1 Å². The van der Waals surface area contributed by atoms with Crippen LogP contribution in [0.1, 0.15) is 21.7 Å². The van der Waals surface area contributed by atoms with E-state index in [4.69, 9.17) is 10.3 Å². The zero-order chi connectivity index (χ0) is 18.5. The highest BCUT2D eigenvalue weighted by Crippen LogP contribution is 2.11. The number of carbonyl (C=O) groups is 2. The first-order chi connectivity index (χ1) is 12.5. The lowest BCUT2D eigenvalue weighted by Crippen LogP contribution is -2.50. The van der Waals surface area contributed by atoms with Gasteiger partial charge in [-0.25, -0.2) is 0 Å². The molecule has 2 amide bonds. The van der Waals surface area contributed by atoms with Crippen molar-refractivity contribution in [1.29, 1.82) is 0 Å². The number of benzene rings is 1. The average Bonchev–Trinajstić information content (AvgIpc) is 3.06. The second-order valence-electron chi connectivity index (χ2n) is 6.34. The number of piperazine rings is 1. The summed E-state index contributed by atoms with van der Waals surface area (Å²) in [5, 5.41) is 6.45. The third-order valence-corrected chi connectivity index (χ3v) is 4.36. The molecule has 0 atom stereocenters. The fraction of sp³-hybridized carbons (Fsp3) is 0.389. The molecule has 1 aliphatic heterocycles. The van der Waals surface area contributed by atoms with E-state index in [2.05, 4.69) is 10.5 Å². The molecule has 3 N–H and O–H groups in total. The molecule has 1 fully saturated rings. The average molecular weight is 357 g/mol. The van der Waals surface area contributed by atoms with Crippen LogP contribution in [-0.2, 0) is 11.3 Å². The highest BCUT2D eigenvalue weighted by Gasteiger charge is 2.23. The summed E-state index contributed by atoms with van der Waals surface area (Å²) in [6.07, 6.45) is 0. The lowest BCUT2D eigenvalue weighted by molar-refractivity contribution is -0.117. The van der Waals surface area contributed by atoms with E-state index in [-0.39, 0.29) is 18.4 Å². The molecule has 1 saturated heterocycles. The highest BCUT2D eigenvalue weighted by molar-refractivity contribution is 5.94. The lowest BCUT2D eigenvalue weighted by Gasteiger charge is -2.34. The fourth-order valence-electron chi connectivity index (χ4n) is 2.89. The first-order valence-corrected chi connectivity index (χ1v) is 8.59. The second kappa shape index (κ2) is 8.11. The molecule has 1 aliphatic rings. The van der Waals surface area contributed by atoms with Crippen LogP contribution in [0.2, 0.25) is 0 Å². The van der Waals surface area contributed by atoms with Crippen LogP contribution in [0.5, 0.6) is 0 Å². The fourth-order valence-corrected chi connectivity index (χ4v) is 2.89. The first-order valence-electron chi connectivity index (χ1n) is 8.59. The third-order valence-electron chi connectivity index (χ3n) is 4.36. The van der Waals surface area contributed by atoms with Crippen LogP contribution in [0.3, 0.4) is 0 Å². The van der Waals surface area contributed by atoms with Gasteiger partial charge in [0.05, 0.1) is 6.54 Å². The van der Waals surface area contributed by atoms with Gasteiger partial charge in [0, 0.05) is 44.4 Å². The maximum absolute atomic E-state index is 12.5. The van der Waals surface area contributed by atoms with Crippen LogP contribution >= 0.6 is 0 Å². The minimum Gasteiger partial charge on any atom is -0.360 e. The Morgan fingerprint density at radius 2 is 1.88 bits per heavy atom. The van der Waals surface area contributed by atoms with Gasteiger partial charge in [-0.05, 0) is 24.6 Å². The van der Waals surface area contributed by atoms with Crippen LogP contribution in [0.4, 0.5) is 5.82 Å². The van der Waals surface area contributed by atoms with E-state index in [9.17, 15) is 9.59 Å². The van der Waals surface area contributed by atoms with Gasteiger partial charge in [-0.3, -0.25) is 14.5 Å². The number of nitrogens with two attached hydrogens (primary N) is 1.